The highest BCUT2D eigenvalue weighted by molar-refractivity contribution is 6.05. The molecule has 4 atom stereocenters. The topological polar surface area (TPSA) is 121 Å². The van der Waals surface area contributed by atoms with Crippen LogP contribution in [0, 0.1) is 11.8 Å². The number of methoxy groups -OCH3 is 1. The summed E-state index contributed by atoms with van der Waals surface area (Å²) in [6, 6.07) is 20.6. The number of fused-ring (bicyclic) bond motifs is 2. The Kier molecular flexibility index (Phi) is 5.77. The maximum absolute atomic E-state index is 13.3. The van der Waals surface area contributed by atoms with E-state index in [4.69, 9.17) is 4.74 Å². The summed E-state index contributed by atoms with van der Waals surface area (Å²) < 4.78 is 5.16. The second-order valence-electron chi connectivity index (χ2n) is 8.38. The van der Waals surface area contributed by atoms with Crippen molar-refractivity contribution in [3.05, 3.63) is 66.7 Å². The van der Waals surface area contributed by atoms with Crippen LogP contribution < -0.4 is 31.3 Å². The molecule has 9 heteroatoms. The number of carbonyl (C=O) groups excluding carboxylic acids is 3. The highest BCUT2D eigenvalue weighted by Gasteiger charge is 2.48. The molecule has 2 heterocycles. The van der Waals surface area contributed by atoms with Crippen molar-refractivity contribution < 1.29 is 19.1 Å². The molecule has 34 heavy (non-hydrogen) atoms. The molecule has 3 aromatic carbocycles. The summed E-state index contributed by atoms with van der Waals surface area (Å²) in [5, 5.41) is 16.8. The number of piperidine rings is 1. The lowest BCUT2D eigenvalue weighted by Crippen LogP contribution is -2.72. The van der Waals surface area contributed by atoms with Gasteiger partial charge in [0, 0.05) is 23.2 Å². The van der Waals surface area contributed by atoms with Crippen LogP contribution >= 0.6 is 0 Å². The molecule has 4 unspecified atom stereocenters. The van der Waals surface area contributed by atoms with Gasteiger partial charge in [0.1, 0.15) is 5.75 Å². The highest BCUT2D eigenvalue weighted by Crippen LogP contribution is 2.30. The molecule has 0 spiro atoms. The Hall–Kier alpha value is -4.11. The number of amides is 3. The van der Waals surface area contributed by atoms with Gasteiger partial charge in [-0.05, 0) is 35.7 Å². The van der Waals surface area contributed by atoms with Crippen LogP contribution in [0.4, 0.5) is 11.4 Å². The molecule has 0 saturated carbocycles. The van der Waals surface area contributed by atoms with Crippen molar-refractivity contribution >= 4 is 39.9 Å². The fourth-order valence-electron chi connectivity index (χ4n) is 4.57. The number of anilines is 2. The lowest BCUT2D eigenvalue weighted by molar-refractivity contribution is -0.144. The number of ether oxygens (including phenoxy) is 1. The van der Waals surface area contributed by atoms with E-state index in [9.17, 15) is 14.4 Å². The van der Waals surface area contributed by atoms with E-state index in [0.717, 1.165) is 16.5 Å². The fourth-order valence-corrected chi connectivity index (χ4v) is 4.57. The smallest absolute Gasteiger partial charge is 0.229 e. The molecule has 5 rings (SSSR count). The first-order valence-electron chi connectivity index (χ1n) is 11.1. The number of benzene rings is 3. The summed E-state index contributed by atoms with van der Waals surface area (Å²) in [5.74, 6) is -1.81. The number of hydrogen-bond acceptors (Lipinski definition) is 6. The first kappa shape index (κ1) is 21.7. The van der Waals surface area contributed by atoms with Crippen LogP contribution in [-0.4, -0.2) is 37.3 Å². The number of carbonyl (C=O) groups is 3. The van der Waals surface area contributed by atoms with Gasteiger partial charge in [0.25, 0.3) is 0 Å². The van der Waals surface area contributed by atoms with E-state index in [1.807, 2.05) is 54.6 Å². The minimum atomic E-state index is -0.813. The zero-order valence-corrected chi connectivity index (χ0v) is 18.5. The maximum Gasteiger partial charge on any atom is 0.229 e. The Morgan fingerprint density at radius 1 is 0.971 bits per heavy atom. The summed E-state index contributed by atoms with van der Waals surface area (Å²) in [4.78, 5) is 38.8. The quantitative estimate of drug-likeness (QED) is 0.398. The average Bonchev–Trinajstić information content (AvgIpc) is 2.84. The molecule has 0 bridgehead atoms. The zero-order valence-electron chi connectivity index (χ0n) is 18.5. The molecule has 0 aromatic heterocycles. The van der Waals surface area contributed by atoms with E-state index in [0.29, 0.717) is 11.4 Å². The number of rotatable bonds is 5. The minimum absolute atomic E-state index is 0.0660. The molecule has 2 aliphatic heterocycles. The second-order valence-corrected chi connectivity index (χ2v) is 8.38. The van der Waals surface area contributed by atoms with Gasteiger partial charge in [0.15, 0.2) is 6.29 Å². The summed E-state index contributed by atoms with van der Waals surface area (Å²) in [6.45, 7) is 0. The summed E-state index contributed by atoms with van der Waals surface area (Å²) >= 11 is 0. The highest BCUT2D eigenvalue weighted by atomic mass is 16.5. The van der Waals surface area contributed by atoms with Crippen molar-refractivity contribution in [2.45, 2.75) is 18.9 Å². The van der Waals surface area contributed by atoms with Gasteiger partial charge in [0.05, 0.1) is 25.1 Å². The first-order chi connectivity index (χ1) is 16.5. The van der Waals surface area contributed by atoms with Gasteiger partial charge in [-0.25, -0.2) is 0 Å². The molecule has 3 aromatic rings. The van der Waals surface area contributed by atoms with E-state index in [1.54, 1.807) is 19.2 Å². The van der Waals surface area contributed by atoms with E-state index >= 15 is 0 Å². The standard InChI is InChI=1S/C25H25N5O4/c1-34-16-11-9-15(10-12-16)26-25-29-22-21(24(33)30-25)18(13-20(31)28-22)23(32)27-19-8-4-6-14-5-2-3-7-17(14)19/h2-12,18,21-22,25-26,29H,13H2,1H3,(H,27,32)(H,28,31)(H,30,33). The third-order valence-corrected chi connectivity index (χ3v) is 6.24. The Bertz CT molecular complexity index is 1240. The Morgan fingerprint density at radius 3 is 2.53 bits per heavy atom. The normalized spacial score (nSPS) is 23.9. The first-order valence-corrected chi connectivity index (χ1v) is 11.1. The van der Waals surface area contributed by atoms with Crippen LogP contribution in [0.3, 0.4) is 0 Å². The summed E-state index contributed by atoms with van der Waals surface area (Å²) in [7, 11) is 1.59. The lowest BCUT2D eigenvalue weighted by atomic mass is 9.81. The van der Waals surface area contributed by atoms with Crippen LogP contribution in [0.25, 0.3) is 10.8 Å². The molecule has 3 amide bonds. The predicted molar refractivity (Wildman–Crippen MR) is 128 cm³/mol. The van der Waals surface area contributed by atoms with Crippen LogP contribution in [-0.2, 0) is 14.4 Å². The van der Waals surface area contributed by atoms with Gasteiger partial charge in [-0.1, -0.05) is 36.4 Å². The van der Waals surface area contributed by atoms with E-state index in [2.05, 4.69) is 26.6 Å². The summed E-state index contributed by atoms with van der Waals surface area (Å²) in [5.41, 5.74) is 1.40. The third-order valence-electron chi connectivity index (χ3n) is 6.24. The Morgan fingerprint density at radius 2 is 1.74 bits per heavy atom. The van der Waals surface area contributed by atoms with Crippen LogP contribution in [0.2, 0.25) is 0 Å². The van der Waals surface area contributed by atoms with E-state index < -0.39 is 24.3 Å². The van der Waals surface area contributed by atoms with Crippen molar-refractivity contribution in [2.75, 3.05) is 17.7 Å². The molecule has 9 nitrogen and oxygen atoms in total. The van der Waals surface area contributed by atoms with Crippen molar-refractivity contribution in [3.63, 3.8) is 0 Å². The molecule has 174 valence electrons. The molecule has 2 fully saturated rings. The molecule has 0 radical (unpaired) electrons. The SMILES string of the molecule is COc1ccc(NC2NC(=O)C3C(NC(=O)CC3C(=O)Nc3cccc4ccccc34)N2)cc1. The van der Waals surface area contributed by atoms with Crippen molar-refractivity contribution in [3.8, 4) is 5.75 Å². The van der Waals surface area contributed by atoms with Crippen molar-refractivity contribution in [2.24, 2.45) is 11.8 Å². The van der Waals surface area contributed by atoms with Gasteiger partial charge < -0.3 is 26.0 Å². The molecule has 5 N–H and O–H groups in total. The molecule has 0 aliphatic carbocycles. The van der Waals surface area contributed by atoms with Gasteiger partial charge in [-0.2, -0.15) is 0 Å². The van der Waals surface area contributed by atoms with Crippen LogP contribution in [0.1, 0.15) is 6.42 Å². The van der Waals surface area contributed by atoms with Crippen molar-refractivity contribution in [1.82, 2.24) is 16.0 Å². The maximum atomic E-state index is 13.3. The monoisotopic (exact) mass is 459 g/mol. The van der Waals surface area contributed by atoms with E-state index in [1.165, 1.54) is 0 Å². The number of hydrogen-bond donors (Lipinski definition) is 5. The second kappa shape index (κ2) is 9.03. The van der Waals surface area contributed by atoms with Gasteiger partial charge in [-0.3, -0.25) is 19.7 Å². The van der Waals surface area contributed by atoms with Gasteiger partial charge >= 0.3 is 0 Å². The van der Waals surface area contributed by atoms with Gasteiger partial charge in [-0.15, -0.1) is 0 Å². The molecular formula is C25H25N5O4. The van der Waals surface area contributed by atoms with Gasteiger partial charge in [0.2, 0.25) is 17.7 Å². The van der Waals surface area contributed by atoms with Crippen LogP contribution in [0.15, 0.2) is 66.7 Å². The average molecular weight is 460 g/mol. The van der Waals surface area contributed by atoms with E-state index in [-0.39, 0.29) is 24.1 Å². The zero-order chi connectivity index (χ0) is 23.7. The molecule has 2 aliphatic rings. The molecule has 2 saturated heterocycles. The lowest BCUT2D eigenvalue weighted by Gasteiger charge is -2.43. The number of nitrogens with one attached hydrogen (secondary N) is 5. The predicted octanol–water partition coefficient (Wildman–Crippen LogP) is 1.98. The Balaban J connectivity index is 1.32. The largest absolute Gasteiger partial charge is 0.497 e. The minimum Gasteiger partial charge on any atom is -0.497 e. The fraction of sp³-hybridized carbons (Fsp3) is 0.240. The summed E-state index contributed by atoms with van der Waals surface area (Å²) in [6.07, 6.45) is -1.37. The molecular weight excluding hydrogens is 434 g/mol. The van der Waals surface area contributed by atoms with Crippen molar-refractivity contribution in [1.29, 1.82) is 0 Å². The van der Waals surface area contributed by atoms with Crippen LogP contribution in [0.5, 0.6) is 5.75 Å². The third kappa shape index (κ3) is 4.25. The Labute approximate surface area is 196 Å².